The minimum atomic E-state index is -0.221. The average molecular weight is 280 g/mol. The molecule has 0 aromatic carbocycles. The van der Waals surface area contributed by atoms with Gasteiger partial charge in [0.15, 0.2) is 0 Å². The van der Waals surface area contributed by atoms with Crippen LogP contribution in [0.4, 0.5) is 0 Å². The van der Waals surface area contributed by atoms with Crippen molar-refractivity contribution in [2.75, 3.05) is 6.61 Å². The Morgan fingerprint density at radius 3 is 2.50 bits per heavy atom. The van der Waals surface area contributed by atoms with E-state index in [4.69, 9.17) is 4.74 Å². The minimum absolute atomic E-state index is 0.0803. The zero-order valence-electron chi connectivity index (χ0n) is 13.5. The third-order valence-electron chi connectivity index (χ3n) is 6.51. The number of carbonyl (C=O) groups excluding carboxylic acids is 2. The molecule has 0 spiro atoms. The molecule has 0 bridgehead atoms. The van der Waals surface area contributed by atoms with Gasteiger partial charge in [-0.1, -0.05) is 27.7 Å². The molecule has 0 aromatic rings. The predicted molar refractivity (Wildman–Crippen MR) is 78.1 cm³/mol. The molecular formula is C17H28O3. The van der Waals surface area contributed by atoms with Crippen LogP contribution in [0.2, 0.25) is 0 Å². The van der Waals surface area contributed by atoms with Crippen molar-refractivity contribution in [2.24, 2.45) is 28.6 Å². The van der Waals surface area contributed by atoms with E-state index in [2.05, 4.69) is 27.7 Å². The molecule has 2 rings (SSSR count). The fourth-order valence-electron chi connectivity index (χ4n) is 4.57. The summed E-state index contributed by atoms with van der Waals surface area (Å²) < 4.78 is 5.37. The molecule has 0 heterocycles. The van der Waals surface area contributed by atoms with Crippen LogP contribution in [0.3, 0.4) is 0 Å². The summed E-state index contributed by atoms with van der Waals surface area (Å²) in [5.41, 5.74) is 0.123. The number of esters is 1. The largest absolute Gasteiger partial charge is 0.465 e. The van der Waals surface area contributed by atoms with Gasteiger partial charge in [-0.3, -0.25) is 9.59 Å². The first-order valence-electron chi connectivity index (χ1n) is 7.85. The van der Waals surface area contributed by atoms with E-state index in [-0.39, 0.29) is 16.8 Å². The number of hydrogen-bond donors (Lipinski definition) is 0. The second-order valence-electron chi connectivity index (χ2n) is 7.63. The van der Waals surface area contributed by atoms with Crippen molar-refractivity contribution in [1.82, 2.24) is 0 Å². The molecule has 0 aromatic heterocycles. The van der Waals surface area contributed by atoms with Gasteiger partial charge in [0.2, 0.25) is 0 Å². The fraction of sp³-hybridized carbons (Fsp3) is 0.882. The molecule has 5 atom stereocenters. The fourth-order valence-corrected chi connectivity index (χ4v) is 4.57. The van der Waals surface area contributed by atoms with Crippen molar-refractivity contribution < 1.29 is 14.3 Å². The molecule has 2 saturated carbocycles. The number of fused-ring (bicyclic) bond motifs is 1. The Hall–Kier alpha value is -0.860. The van der Waals surface area contributed by atoms with Crippen LogP contribution in [-0.2, 0) is 14.3 Å². The Labute approximate surface area is 122 Å². The van der Waals surface area contributed by atoms with E-state index in [1.54, 1.807) is 0 Å². The first-order valence-corrected chi connectivity index (χ1v) is 7.85. The summed E-state index contributed by atoms with van der Waals surface area (Å²) >= 11 is 0. The monoisotopic (exact) mass is 280 g/mol. The van der Waals surface area contributed by atoms with E-state index >= 15 is 0 Å². The lowest BCUT2D eigenvalue weighted by Crippen LogP contribution is -2.55. The van der Waals surface area contributed by atoms with Gasteiger partial charge in [-0.15, -0.1) is 0 Å². The zero-order chi connectivity index (χ0) is 15.1. The number of hydrogen-bond acceptors (Lipinski definition) is 3. The minimum Gasteiger partial charge on any atom is -0.465 e. The van der Waals surface area contributed by atoms with Gasteiger partial charge < -0.3 is 4.74 Å². The standard InChI is InChI=1S/C17H28O3/c1-11-6-7-16(4)12(2)8-14(19)9-15(16)17(11,5)10-20-13(3)18/h11-12,15H,6-10H2,1-5H3/t11-,12+,15-,16+,17+/m1/s1. The summed E-state index contributed by atoms with van der Waals surface area (Å²) in [7, 11) is 0. The van der Waals surface area contributed by atoms with Gasteiger partial charge in [0.05, 0.1) is 6.61 Å². The van der Waals surface area contributed by atoms with E-state index < -0.39 is 0 Å². The van der Waals surface area contributed by atoms with Crippen LogP contribution in [0.5, 0.6) is 0 Å². The maximum Gasteiger partial charge on any atom is 0.302 e. The molecule has 0 radical (unpaired) electrons. The Morgan fingerprint density at radius 2 is 1.90 bits per heavy atom. The Balaban J connectivity index is 2.32. The molecule has 0 aliphatic heterocycles. The molecule has 0 unspecified atom stereocenters. The van der Waals surface area contributed by atoms with E-state index in [0.29, 0.717) is 43.0 Å². The quantitative estimate of drug-likeness (QED) is 0.726. The van der Waals surface area contributed by atoms with Gasteiger partial charge in [0.1, 0.15) is 5.78 Å². The first-order chi connectivity index (χ1) is 9.20. The normalized spacial score (nSPS) is 44.9. The van der Waals surface area contributed by atoms with Gasteiger partial charge in [-0.2, -0.15) is 0 Å². The lowest BCUT2D eigenvalue weighted by Gasteiger charge is -2.59. The SMILES string of the molecule is CC(=O)OC[C@]1(C)[C@@H]2CC(=O)C[C@H](C)[C@]2(C)CC[C@H]1C. The van der Waals surface area contributed by atoms with Crippen molar-refractivity contribution >= 4 is 11.8 Å². The summed E-state index contributed by atoms with van der Waals surface area (Å²) in [4.78, 5) is 23.3. The van der Waals surface area contributed by atoms with Crippen molar-refractivity contribution in [1.29, 1.82) is 0 Å². The van der Waals surface area contributed by atoms with Crippen LogP contribution in [-0.4, -0.2) is 18.4 Å². The van der Waals surface area contributed by atoms with Crippen LogP contribution in [0.1, 0.15) is 60.3 Å². The zero-order valence-corrected chi connectivity index (χ0v) is 13.5. The Morgan fingerprint density at radius 1 is 1.25 bits per heavy atom. The van der Waals surface area contributed by atoms with Crippen LogP contribution in [0.25, 0.3) is 0 Å². The topological polar surface area (TPSA) is 43.4 Å². The smallest absolute Gasteiger partial charge is 0.302 e. The molecule has 0 amide bonds. The Bertz CT molecular complexity index is 416. The number of Topliss-reactive ketones (excluding diaryl/α,β-unsaturated/α-hetero) is 1. The highest BCUT2D eigenvalue weighted by Crippen LogP contribution is 2.61. The third kappa shape index (κ3) is 2.40. The molecule has 0 N–H and O–H groups in total. The van der Waals surface area contributed by atoms with E-state index in [9.17, 15) is 9.59 Å². The molecule has 114 valence electrons. The highest BCUT2D eigenvalue weighted by Gasteiger charge is 2.57. The molecule has 0 saturated heterocycles. The molecule has 2 aliphatic rings. The number of carbonyl (C=O) groups is 2. The summed E-state index contributed by atoms with van der Waals surface area (Å²) in [6.45, 7) is 10.9. The van der Waals surface area contributed by atoms with Gasteiger partial charge in [0, 0.05) is 25.2 Å². The van der Waals surface area contributed by atoms with Gasteiger partial charge in [-0.25, -0.2) is 0 Å². The van der Waals surface area contributed by atoms with E-state index in [1.807, 2.05) is 0 Å². The average Bonchev–Trinajstić information content (AvgIpc) is 2.36. The van der Waals surface area contributed by atoms with Crippen molar-refractivity contribution in [3.63, 3.8) is 0 Å². The summed E-state index contributed by atoms with van der Waals surface area (Å²) in [6.07, 6.45) is 3.71. The first kappa shape index (κ1) is 15.5. The van der Waals surface area contributed by atoms with Crippen LogP contribution >= 0.6 is 0 Å². The number of ketones is 1. The van der Waals surface area contributed by atoms with Crippen molar-refractivity contribution in [2.45, 2.75) is 60.3 Å². The number of ether oxygens (including phenoxy) is 1. The third-order valence-corrected chi connectivity index (χ3v) is 6.51. The summed E-state index contributed by atoms with van der Waals surface area (Å²) in [6, 6.07) is 0. The van der Waals surface area contributed by atoms with Gasteiger partial charge in [-0.05, 0) is 36.0 Å². The van der Waals surface area contributed by atoms with Crippen LogP contribution < -0.4 is 0 Å². The van der Waals surface area contributed by atoms with Crippen LogP contribution in [0, 0.1) is 28.6 Å². The van der Waals surface area contributed by atoms with Crippen molar-refractivity contribution in [3.8, 4) is 0 Å². The summed E-state index contributed by atoms with van der Waals surface area (Å²) in [5, 5.41) is 0. The maximum atomic E-state index is 12.1. The lowest BCUT2D eigenvalue weighted by molar-refractivity contribution is -0.165. The second-order valence-corrected chi connectivity index (χ2v) is 7.63. The van der Waals surface area contributed by atoms with E-state index in [1.165, 1.54) is 13.3 Å². The highest BCUT2D eigenvalue weighted by atomic mass is 16.5. The predicted octanol–water partition coefficient (Wildman–Crippen LogP) is 3.61. The maximum absolute atomic E-state index is 12.1. The molecule has 3 heteroatoms. The molecule has 2 aliphatic carbocycles. The van der Waals surface area contributed by atoms with Crippen LogP contribution in [0.15, 0.2) is 0 Å². The number of rotatable bonds is 2. The molecule has 2 fully saturated rings. The molecule has 20 heavy (non-hydrogen) atoms. The molecular weight excluding hydrogens is 252 g/mol. The van der Waals surface area contributed by atoms with Gasteiger partial charge in [0.25, 0.3) is 0 Å². The highest BCUT2D eigenvalue weighted by molar-refractivity contribution is 5.80. The lowest BCUT2D eigenvalue weighted by atomic mass is 9.46. The van der Waals surface area contributed by atoms with Gasteiger partial charge >= 0.3 is 5.97 Å². The van der Waals surface area contributed by atoms with E-state index in [0.717, 1.165) is 6.42 Å². The summed E-state index contributed by atoms with van der Waals surface area (Å²) in [5.74, 6) is 1.40. The molecule has 3 nitrogen and oxygen atoms in total. The second kappa shape index (κ2) is 5.16. The Kier molecular flexibility index (Phi) is 4.01. The van der Waals surface area contributed by atoms with Crippen molar-refractivity contribution in [3.05, 3.63) is 0 Å².